The third kappa shape index (κ3) is 3.70. The van der Waals surface area contributed by atoms with Gasteiger partial charge in [-0.1, -0.05) is 43.8 Å². The van der Waals surface area contributed by atoms with E-state index in [2.05, 4.69) is 29.1 Å². The molecule has 5 heteroatoms. The van der Waals surface area contributed by atoms with Crippen molar-refractivity contribution in [2.75, 3.05) is 5.75 Å². The van der Waals surface area contributed by atoms with E-state index in [1.165, 1.54) is 11.8 Å². The first-order chi connectivity index (χ1) is 9.58. The molecule has 2 rings (SSSR count). The summed E-state index contributed by atoms with van der Waals surface area (Å²) in [6.07, 6.45) is 1.54. The summed E-state index contributed by atoms with van der Waals surface area (Å²) in [6, 6.07) is 8.01. The number of amides is 1. The highest BCUT2D eigenvalue weighted by Gasteiger charge is 2.12. The Hall–Kier alpha value is -1.62. The van der Waals surface area contributed by atoms with E-state index in [1.54, 1.807) is 6.33 Å². The molecule has 0 unspecified atom stereocenters. The largest absolute Gasteiger partial charge is 0.353 e. The predicted octanol–water partition coefficient (Wildman–Crippen LogP) is 2.88. The summed E-state index contributed by atoms with van der Waals surface area (Å²) in [5.74, 6) is 0.848. The number of hydrogen-bond donors (Lipinski definition) is 1. The molecule has 1 amide bonds. The Kier molecular flexibility index (Phi) is 4.95. The molecule has 1 heterocycles. The van der Waals surface area contributed by atoms with E-state index in [1.807, 2.05) is 31.2 Å². The molecular formula is C15H19N3OS. The molecule has 0 radical (unpaired) electrons. The highest BCUT2D eigenvalue weighted by atomic mass is 32.2. The summed E-state index contributed by atoms with van der Waals surface area (Å²) in [5, 5.41) is 4.83. The van der Waals surface area contributed by atoms with Gasteiger partial charge >= 0.3 is 0 Å². The average Bonchev–Trinajstić information content (AvgIpc) is 2.44. The minimum absolute atomic E-state index is 0.0406. The van der Waals surface area contributed by atoms with Gasteiger partial charge in [0, 0.05) is 11.4 Å². The molecule has 0 aliphatic rings. The van der Waals surface area contributed by atoms with E-state index in [0.29, 0.717) is 11.7 Å². The first-order valence-electron chi connectivity index (χ1n) is 6.70. The molecule has 1 atom stereocenters. The van der Waals surface area contributed by atoms with Gasteiger partial charge in [0.2, 0.25) is 5.91 Å². The second-order valence-electron chi connectivity index (χ2n) is 5.08. The summed E-state index contributed by atoms with van der Waals surface area (Å²) in [4.78, 5) is 20.4. The van der Waals surface area contributed by atoms with Crippen molar-refractivity contribution in [3.05, 3.63) is 30.6 Å². The summed E-state index contributed by atoms with van der Waals surface area (Å²) < 4.78 is 0. The Balaban J connectivity index is 2.01. The van der Waals surface area contributed by atoms with Crippen LogP contribution in [0.4, 0.5) is 0 Å². The SMILES string of the molecule is CC(C)[C@@H](C)NC(=O)CSc1ncnc2ccccc12. The molecule has 0 saturated carbocycles. The zero-order valence-corrected chi connectivity index (χ0v) is 12.8. The van der Waals surface area contributed by atoms with E-state index < -0.39 is 0 Å². The minimum Gasteiger partial charge on any atom is -0.353 e. The summed E-state index contributed by atoms with van der Waals surface area (Å²) >= 11 is 1.45. The van der Waals surface area contributed by atoms with Gasteiger partial charge < -0.3 is 5.32 Å². The minimum atomic E-state index is 0.0406. The van der Waals surface area contributed by atoms with Crippen molar-refractivity contribution < 1.29 is 4.79 Å². The summed E-state index contributed by atoms with van der Waals surface area (Å²) in [7, 11) is 0. The van der Waals surface area contributed by atoms with Crippen LogP contribution in [-0.2, 0) is 4.79 Å². The lowest BCUT2D eigenvalue weighted by molar-refractivity contribution is -0.119. The smallest absolute Gasteiger partial charge is 0.230 e. The Bertz CT molecular complexity index is 595. The summed E-state index contributed by atoms with van der Waals surface area (Å²) in [5.41, 5.74) is 0.904. The van der Waals surface area contributed by atoms with Crippen LogP contribution in [0.5, 0.6) is 0 Å². The number of thioether (sulfide) groups is 1. The fraction of sp³-hybridized carbons (Fsp3) is 0.400. The van der Waals surface area contributed by atoms with Gasteiger partial charge in [0.1, 0.15) is 11.4 Å². The highest BCUT2D eigenvalue weighted by Crippen LogP contribution is 2.23. The van der Waals surface area contributed by atoms with Gasteiger partial charge in [-0.05, 0) is 18.9 Å². The summed E-state index contributed by atoms with van der Waals surface area (Å²) in [6.45, 7) is 6.21. The lowest BCUT2D eigenvalue weighted by Crippen LogP contribution is -2.37. The van der Waals surface area contributed by atoms with Crippen molar-refractivity contribution in [3.63, 3.8) is 0 Å². The number of fused-ring (bicyclic) bond motifs is 1. The molecule has 0 aliphatic heterocycles. The van der Waals surface area contributed by atoms with Gasteiger partial charge in [-0.15, -0.1) is 0 Å². The fourth-order valence-electron chi connectivity index (χ4n) is 1.69. The number of benzene rings is 1. The van der Waals surface area contributed by atoms with Gasteiger partial charge in [0.05, 0.1) is 11.3 Å². The topological polar surface area (TPSA) is 54.9 Å². The van der Waals surface area contributed by atoms with Crippen molar-refractivity contribution in [1.82, 2.24) is 15.3 Å². The van der Waals surface area contributed by atoms with Crippen LogP contribution in [0.3, 0.4) is 0 Å². The van der Waals surface area contributed by atoms with Crippen LogP contribution in [0, 0.1) is 5.92 Å². The van der Waals surface area contributed by atoms with Crippen molar-refractivity contribution >= 4 is 28.6 Å². The lowest BCUT2D eigenvalue weighted by atomic mass is 10.1. The predicted molar refractivity (Wildman–Crippen MR) is 82.7 cm³/mol. The number of rotatable bonds is 5. The average molecular weight is 289 g/mol. The number of nitrogens with zero attached hydrogens (tertiary/aromatic N) is 2. The normalized spacial score (nSPS) is 12.6. The third-order valence-corrected chi connectivity index (χ3v) is 4.24. The first kappa shape index (κ1) is 14.8. The van der Waals surface area contributed by atoms with Gasteiger partial charge in [0.25, 0.3) is 0 Å². The maximum atomic E-state index is 11.9. The third-order valence-electron chi connectivity index (χ3n) is 3.23. The van der Waals surface area contributed by atoms with Crippen LogP contribution in [0.15, 0.2) is 35.6 Å². The molecule has 0 fully saturated rings. The van der Waals surface area contributed by atoms with Gasteiger partial charge in [-0.3, -0.25) is 4.79 Å². The van der Waals surface area contributed by atoms with Crippen LogP contribution in [-0.4, -0.2) is 27.7 Å². The van der Waals surface area contributed by atoms with Crippen LogP contribution in [0.1, 0.15) is 20.8 Å². The molecule has 0 bridgehead atoms. The maximum Gasteiger partial charge on any atom is 0.230 e. The number of carbonyl (C=O) groups is 1. The highest BCUT2D eigenvalue weighted by molar-refractivity contribution is 8.00. The Labute approximate surface area is 123 Å². The molecular weight excluding hydrogens is 270 g/mol. The number of carbonyl (C=O) groups excluding carboxylic acids is 1. The molecule has 1 aromatic heterocycles. The van der Waals surface area contributed by atoms with E-state index in [-0.39, 0.29) is 11.9 Å². The molecule has 0 aliphatic carbocycles. The number of para-hydroxylation sites is 1. The monoisotopic (exact) mass is 289 g/mol. The van der Waals surface area contributed by atoms with Gasteiger partial charge in [0.15, 0.2) is 0 Å². The number of nitrogens with one attached hydrogen (secondary N) is 1. The zero-order chi connectivity index (χ0) is 14.5. The maximum absolute atomic E-state index is 11.9. The van der Waals surface area contributed by atoms with E-state index in [9.17, 15) is 4.79 Å². The van der Waals surface area contributed by atoms with Gasteiger partial charge in [-0.2, -0.15) is 0 Å². The fourth-order valence-corrected chi connectivity index (χ4v) is 2.49. The second kappa shape index (κ2) is 6.70. The first-order valence-corrected chi connectivity index (χ1v) is 7.68. The molecule has 106 valence electrons. The number of hydrogen-bond acceptors (Lipinski definition) is 4. The lowest BCUT2D eigenvalue weighted by Gasteiger charge is -2.17. The Morgan fingerprint density at radius 3 is 2.75 bits per heavy atom. The van der Waals surface area contributed by atoms with E-state index in [0.717, 1.165) is 15.9 Å². The number of aromatic nitrogens is 2. The van der Waals surface area contributed by atoms with E-state index in [4.69, 9.17) is 0 Å². The van der Waals surface area contributed by atoms with Crippen LogP contribution < -0.4 is 5.32 Å². The van der Waals surface area contributed by atoms with Crippen LogP contribution in [0.25, 0.3) is 10.9 Å². The molecule has 0 spiro atoms. The molecule has 0 saturated heterocycles. The van der Waals surface area contributed by atoms with E-state index >= 15 is 0 Å². The Morgan fingerprint density at radius 1 is 1.25 bits per heavy atom. The van der Waals surface area contributed by atoms with Crippen LogP contribution >= 0.6 is 11.8 Å². The van der Waals surface area contributed by atoms with Gasteiger partial charge in [-0.25, -0.2) is 9.97 Å². The molecule has 1 aromatic carbocycles. The van der Waals surface area contributed by atoms with Crippen molar-refractivity contribution in [2.45, 2.75) is 31.8 Å². The Morgan fingerprint density at radius 2 is 2.00 bits per heavy atom. The van der Waals surface area contributed by atoms with Crippen molar-refractivity contribution in [1.29, 1.82) is 0 Å². The quantitative estimate of drug-likeness (QED) is 0.679. The van der Waals surface area contributed by atoms with Crippen molar-refractivity contribution in [3.8, 4) is 0 Å². The van der Waals surface area contributed by atoms with Crippen molar-refractivity contribution in [2.24, 2.45) is 5.92 Å². The zero-order valence-electron chi connectivity index (χ0n) is 12.0. The molecule has 4 nitrogen and oxygen atoms in total. The molecule has 1 N–H and O–H groups in total. The van der Waals surface area contributed by atoms with Crippen LogP contribution in [0.2, 0.25) is 0 Å². The second-order valence-corrected chi connectivity index (χ2v) is 6.05. The molecule has 2 aromatic rings. The molecule has 20 heavy (non-hydrogen) atoms. The standard InChI is InChI=1S/C15H19N3OS/c1-10(2)11(3)18-14(19)8-20-15-12-6-4-5-7-13(12)16-9-17-15/h4-7,9-11H,8H2,1-3H3,(H,18,19)/t11-/m1/s1.